The molecule has 0 saturated heterocycles. The molecule has 0 aromatic carbocycles. The molecule has 2 aromatic heterocycles. The second-order valence-electron chi connectivity index (χ2n) is 5.33. The van der Waals surface area contributed by atoms with Crippen molar-refractivity contribution in [2.45, 2.75) is 18.4 Å². The molecule has 1 saturated carbocycles. The van der Waals surface area contributed by atoms with Gasteiger partial charge in [0, 0.05) is 25.0 Å². The minimum Gasteiger partial charge on any atom is -0.331 e. The van der Waals surface area contributed by atoms with Crippen LogP contribution < -0.4 is 0 Å². The summed E-state index contributed by atoms with van der Waals surface area (Å²) in [5.41, 5.74) is 2.24. The van der Waals surface area contributed by atoms with Crippen molar-refractivity contribution < 1.29 is 4.79 Å². The molecule has 1 aliphatic carbocycles. The van der Waals surface area contributed by atoms with Crippen molar-refractivity contribution in [3.63, 3.8) is 0 Å². The van der Waals surface area contributed by atoms with Gasteiger partial charge in [0.25, 0.3) is 5.91 Å². The van der Waals surface area contributed by atoms with E-state index in [-0.39, 0.29) is 11.4 Å². The lowest BCUT2D eigenvalue weighted by Crippen LogP contribution is -2.36. The average Bonchev–Trinajstić information content (AvgIpc) is 3.14. The molecule has 1 fully saturated rings. The minimum atomic E-state index is -0.241. The van der Waals surface area contributed by atoms with Crippen molar-refractivity contribution in [1.82, 2.24) is 14.5 Å². The maximum Gasteiger partial charge on any atom is 0.271 e. The van der Waals surface area contributed by atoms with E-state index in [1.807, 2.05) is 11.6 Å². The second kappa shape index (κ2) is 3.77. The van der Waals surface area contributed by atoms with Crippen molar-refractivity contribution in [3.8, 4) is 5.69 Å². The van der Waals surface area contributed by atoms with E-state index < -0.39 is 0 Å². The highest BCUT2D eigenvalue weighted by Gasteiger charge is 2.53. The van der Waals surface area contributed by atoms with Gasteiger partial charge in [-0.15, -0.1) is 0 Å². The zero-order valence-corrected chi connectivity index (χ0v) is 12.2. The Morgan fingerprint density at radius 3 is 2.75 bits per heavy atom. The normalized spacial score (nSPS) is 18.8. The van der Waals surface area contributed by atoms with Gasteiger partial charge >= 0.3 is 0 Å². The molecule has 0 unspecified atom stereocenters. The van der Waals surface area contributed by atoms with E-state index in [4.69, 9.17) is 23.2 Å². The lowest BCUT2D eigenvalue weighted by molar-refractivity contribution is 0.0705. The topological polar surface area (TPSA) is 38.1 Å². The molecule has 2 aromatic rings. The van der Waals surface area contributed by atoms with Gasteiger partial charge in [-0.25, -0.2) is 4.98 Å². The van der Waals surface area contributed by atoms with Gasteiger partial charge in [0.05, 0.1) is 16.2 Å². The fourth-order valence-electron chi connectivity index (χ4n) is 3.04. The average molecular weight is 308 g/mol. The smallest absolute Gasteiger partial charge is 0.271 e. The van der Waals surface area contributed by atoms with E-state index in [9.17, 15) is 4.79 Å². The monoisotopic (exact) mass is 307 g/mol. The Labute approximate surface area is 125 Å². The first-order valence-corrected chi connectivity index (χ1v) is 7.11. The molecule has 20 heavy (non-hydrogen) atoms. The first-order chi connectivity index (χ1) is 9.53. The molecule has 4 rings (SSSR count). The molecule has 0 N–H and O–H groups in total. The summed E-state index contributed by atoms with van der Waals surface area (Å²) in [7, 11) is 1.84. The largest absolute Gasteiger partial charge is 0.331 e. The van der Waals surface area contributed by atoms with E-state index in [2.05, 4.69) is 4.98 Å². The van der Waals surface area contributed by atoms with Gasteiger partial charge in [-0.05, 0) is 25.0 Å². The van der Waals surface area contributed by atoms with Crippen molar-refractivity contribution in [3.05, 3.63) is 46.0 Å². The molecule has 0 atom stereocenters. The van der Waals surface area contributed by atoms with Crippen LogP contribution in [0, 0.1) is 0 Å². The molecule has 0 radical (unpaired) electrons. The zero-order chi connectivity index (χ0) is 14.1. The molecule has 4 nitrogen and oxygen atoms in total. The highest BCUT2D eigenvalue weighted by Crippen LogP contribution is 2.54. The molecule has 0 bridgehead atoms. The number of aromatic nitrogens is 2. The molecule has 102 valence electrons. The van der Waals surface area contributed by atoms with Crippen LogP contribution in [-0.2, 0) is 5.54 Å². The summed E-state index contributed by atoms with van der Waals surface area (Å²) in [5.74, 6) is -0.0262. The van der Waals surface area contributed by atoms with Crippen molar-refractivity contribution in [2.75, 3.05) is 7.05 Å². The van der Waals surface area contributed by atoms with Crippen LogP contribution in [0.5, 0.6) is 0 Å². The molecular weight excluding hydrogens is 297 g/mol. The Bertz CT molecular complexity index is 749. The molecule has 1 amide bonds. The van der Waals surface area contributed by atoms with Crippen molar-refractivity contribution in [1.29, 1.82) is 0 Å². The molecular formula is C14H11Cl2N3O. The first-order valence-electron chi connectivity index (χ1n) is 6.35. The molecule has 1 spiro atoms. The van der Waals surface area contributed by atoms with E-state index in [0.717, 1.165) is 24.1 Å². The number of rotatable bonds is 0. The highest BCUT2D eigenvalue weighted by molar-refractivity contribution is 6.31. The minimum absolute atomic E-state index is 0.0262. The summed E-state index contributed by atoms with van der Waals surface area (Å²) >= 11 is 12.1. The third kappa shape index (κ3) is 1.43. The fraction of sp³-hybridized carbons (Fsp3) is 0.286. The highest BCUT2D eigenvalue weighted by atomic mass is 35.5. The van der Waals surface area contributed by atoms with E-state index >= 15 is 0 Å². The van der Waals surface area contributed by atoms with Crippen LogP contribution in [0.1, 0.15) is 28.9 Å². The molecule has 1 aliphatic heterocycles. The number of halogens is 2. The Morgan fingerprint density at radius 2 is 2.05 bits per heavy atom. The maximum absolute atomic E-state index is 12.7. The molecule has 6 heteroatoms. The summed E-state index contributed by atoms with van der Waals surface area (Å²) in [6, 6.07) is 3.49. The Hall–Kier alpha value is -1.52. The first kappa shape index (κ1) is 12.2. The number of amides is 1. The number of nitrogens with zero attached hydrogens (tertiary/aromatic N) is 3. The van der Waals surface area contributed by atoms with Gasteiger partial charge in [-0.3, -0.25) is 4.79 Å². The van der Waals surface area contributed by atoms with Gasteiger partial charge in [0.15, 0.2) is 0 Å². The number of hydrogen-bond acceptors (Lipinski definition) is 2. The second-order valence-corrected chi connectivity index (χ2v) is 6.16. The van der Waals surface area contributed by atoms with Crippen LogP contribution in [0.15, 0.2) is 24.5 Å². The Kier molecular flexibility index (Phi) is 2.31. The van der Waals surface area contributed by atoms with Gasteiger partial charge in [0.2, 0.25) is 0 Å². The van der Waals surface area contributed by atoms with Gasteiger partial charge < -0.3 is 9.47 Å². The number of fused-ring (bicyclic) bond motifs is 4. The van der Waals surface area contributed by atoms with Crippen LogP contribution >= 0.6 is 23.2 Å². The van der Waals surface area contributed by atoms with Crippen LogP contribution in [-0.4, -0.2) is 27.4 Å². The van der Waals surface area contributed by atoms with Crippen LogP contribution in [0.2, 0.25) is 10.2 Å². The number of pyridine rings is 1. The quantitative estimate of drug-likeness (QED) is 0.701. The number of carbonyl (C=O) groups excluding carboxylic acids is 1. The van der Waals surface area contributed by atoms with E-state index in [0.29, 0.717) is 15.9 Å². The fourth-order valence-corrected chi connectivity index (χ4v) is 3.40. The Balaban J connectivity index is 2.09. The lowest BCUT2D eigenvalue weighted by atomic mass is 10.0. The summed E-state index contributed by atoms with van der Waals surface area (Å²) in [6.45, 7) is 0. The zero-order valence-electron chi connectivity index (χ0n) is 10.7. The third-order valence-corrected chi connectivity index (χ3v) is 4.70. The predicted molar refractivity (Wildman–Crippen MR) is 76.6 cm³/mol. The van der Waals surface area contributed by atoms with E-state index in [1.54, 1.807) is 29.4 Å². The summed E-state index contributed by atoms with van der Waals surface area (Å²) in [4.78, 5) is 18.6. The number of carbonyl (C=O) groups is 1. The van der Waals surface area contributed by atoms with Gasteiger partial charge in [0.1, 0.15) is 10.8 Å². The van der Waals surface area contributed by atoms with Crippen LogP contribution in [0.3, 0.4) is 0 Å². The molecule has 3 heterocycles. The SMILES string of the molecule is CN1C(=O)c2cc(Cl)cn2-c2cc(Cl)ncc2C12CC2. The third-order valence-electron chi connectivity index (χ3n) is 4.29. The van der Waals surface area contributed by atoms with Crippen molar-refractivity contribution >= 4 is 29.1 Å². The molecule has 2 aliphatic rings. The maximum atomic E-state index is 12.7. The van der Waals surface area contributed by atoms with Gasteiger partial charge in [-0.2, -0.15) is 0 Å². The van der Waals surface area contributed by atoms with Gasteiger partial charge in [-0.1, -0.05) is 23.2 Å². The van der Waals surface area contributed by atoms with Crippen LogP contribution in [0.4, 0.5) is 0 Å². The van der Waals surface area contributed by atoms with Crippen LogP contribution in [0.25, 0.3) is 5.69 Å². The number of hydrogen-bond donors (Lipinski definition) is 0. The predicted octanol–water partition coefficient (Wildman–Crippen LogP) is 3.25. The standard InChI is InChI=1S/C14H11Cl2N3O/c1-18-13(20)11-4-8(15)7-19(11)10-5-12(16)17-6-9(10)14(18)2-3-14/h4-7H,2-3H2,1H3. The summed E-state index contributed by atoms with van der Waals surface area (Å²) in [5, 5.41) is 0.944. The van der Waals surface area contributed by atoms with Crippen molar-refractivity contribution in [2.24, 2.45) is 0 Å². The Morgan fingerprint density at radius 1 is 1.30 bits per heavy atom. The lowest BCUT2D eigenvalue weighted by Gasteiger charge is -2.26. The van der Waals surface area contributed by atoms with E-state index in [1.165, 1.54) is 0 Å². The summed E-state index contributed by atoms with van der Waals surface area (Å²) < 4.78 is 1.82. The summed E-state index contributed by atoms with van der Waals surface area (Å²) in [6.07, 6.45) is 5.42.